The molecule has 1 atom stereocenters. The third kappa shape index (κ3) is 5.25. The maximum absolute atomic E-state index is 13.2. The van der Waals surface area contributed by atoms with Gasteiger partial charge in [-0.2, -0.15) is 9.78 Å². The fourth-order valence-corrected chi connectivity index (χ4v) is 3.39. The van der Waals surface area contributed by atoms with Gasteiger partial charge in [0.1, 0.15) is 11.6 Å². The van der Waals surface area contributed by atoms with Crippen LogP contribution in [0.1, 0.15) is 38.1 Å². The van der Waals surface area contributed by atoms with E-state index in [0.29, 0.717) is 21.2 Å². The van der Waals surface area contributed by atoms with Crippen LogP contribution in [0.25, 0.3) is 10.9 Å². The fraction of sp³-hybridized carbons (Fsp3) is 0.273. The van der Waals surface area contributed by atoms with Gasteiger partial charge in [-0.1, -0.05) is 29.8 Å². The maximum Gasteiger partial charge on any atom is 0.346 e. The number of rotatable bonds is 7. The zero-order valence-electron chi connectivity index (χ0n) is 18.3. The number of carbonyl (C=O) groups excluding carboxylic acids is 1. The normalized spacial score (nSPS) is 12.3. The molecule has 2 aromatic carbocycles. The number of fused-ring (bicyclic) bond motifs is 1. The minimum absolute atomic E-state index is 0.136. The first kappa shape index (κ1) is 24.1. The molecular formula is C22H21BrN4O6. The lowest BCUT2D eigenvalue weighted by atomic mass is 10.2. The quantitative estimate of drug-likeness (QED) is 0.201. The monoisotopic (exact) mass is 516 g/mol. The maximum atomic E-state index is 13.2. The van der Waals surface area contributed by atoms with Crippen LogP contribution in [-0.4, -0.2) is 40.0 Å². The van der Waals surface area contributed by atoms with Crippen molar-refractivity contribution in [3.63, 3.8) is 0 Å². The minimum atomic E-state index is -0.961. The lowest BCUT2D eigenvalue weighted by Crippen LogP contribution is -2.25. The smallest absolute Gasteiger partial charge is 0.346 e. The van der Waals surface area contributed by atoms with E-state index in [1.807, 2.05) is 13.8 Å². The van der Waals surface area contributed by atoms with Crippen molar-refractivity contribution in [2.45, 2.75) is 32.8 Å². The molecule has 0 radical (unpaired) electrons. The number of nitro groups is 1. The predicted molar refractivity (Wildman–Crippen MR) is 126 cm³/mol. The Hall–Kier alpha value is -3.60. The highest BCUT2D eigenvalue weighted by atomic mass is 79.9. The number of hydrogen-bond donors (Lipinski definition) is 0. The van der Waals surface area contributed by atoms with Crippen molar-refractivity contribution in [2.75, 3.05) is 7.11 Å². The Kier molecular flexibility index (Phi) is 7.22. The van der Waals surface area contributed by atoms with E-state index in [4.69, 9.17) is 4.74 Å². The number of benzene rings is 2. The Balaban J connectivity index is 2.15. The predicted octanol–water partition coefficient (Wildman–Crippen LogP) is 4.01. The first-order valence-corrected chi connectivity index (χ1v) is 10.7. The van der Waals surface area contributed by atoms with Crippen molar-refractivity contribution in [1.82, 2.24) is 9.66 Å². The molecule has 3 aromatic rings. The number of hydrogen-bond acceptors (Lipinski definition) is 8. The number of nitro benzene ring substituents is 1. The second-order valence-corrected chi connectivity index (χ2v) is 8.33. The highest BCUT2D eigenvalue weighted by Gasteiger charge is 2.19. The van der Waals surface area contributed by atoms with Crippen LogP contribution in [0.15, 0.2) is 50.8 Å². The molecule has 172 valence electrons. The Morgan fingerprint density at radius 3 is 2.61 bits per heavy atom. The molecule has 0 unspecified atom stereocenters. The minimum Gasteiger partial charge on any atom is -0.478 e. The topological polar surface area (TPSA) is 126 Å². The summed E-state index contributed by atoms with van der Waals surface area (Å²) in [5, 5.41) is 15.9. The van der Waals surface area contributed by atoms with E-state index >= 15 is 0 Å². The lowest BCUT2D eigenvalue weighted by molar-refractivity contribution is -0.384. The molecule has 0 amide bonds. The standard InChI is InChI=1S/C22H21BrN4O6/c1-12(2)20-25-18-7-5-15(23)10-17(18)21(28)26(20)24-11-14-9-16(27(30)31)6-8-19(14)33-13(3)22(29)32-4/h5-13H,1-4H3/t13-/m1/s1. The van der Waals surface area contributed by atoms with Gasteiger partial charge in [0.05, 0.1) is 29.2 Å². The second-order valence-electron chi connectivity index (χ2n) is 7.41. The molecule has 0 saturated heterocycles. The average molecular weight is 517 g/mol. The van der Waals surface area contributed by atoms with Gasteiger partial charge in [0.25, 0.3) is 11.2 Å². The van der Waals surface area contributed by atoms with Crippen molar-refractivity contribution in [3.8, 4) is 5.75 Å². The summed E-state index contributed by atoms with van der Waals surface area (Å²) in [6.45, 7) is 5.23. The van der Waals surface area contributed by atoms with Crippen molar-refractivity contribution in [1.29, 1.82) is 0 Å². The number of methoxy groups -OCH3 is 1. The van der Waals surface area contributed by atoms with E-state index in [0.717, 1.165) is 4.68 Å². The van der Waals surface area contributed by atoms with Gasteiger partial charge in [-0.15, -0.1) is 0 Å². The van der Waals surface area contributed by atoms with E-state index in [2.05, 4.69) is 30.8 Å². The Morgan fingerprint density at radius 1 is 1.24 bits per heavy atom. The van der Waals surface area contributed by atoms with Gasteiger partial charge in [-0.25, -0.2) is 9.78 Å². The summed E-state index contributed by atoms with van der Waals surface area (Å²) in [4.78, 5) is 40.2. The molecule has 0 saturated carbocycles. The van der Waals surface area contributed by atoms with E-state index in [1.165, 1.54) is 38.4 Å². The van der Waals surface area contributed by atoms with E-state index in [1.54, 1.807) is 18.2 Å². The molecule has 0 bridgehead atoms. The van der Waals surface area contributed by atoms with Crippen molar-refractivity contribution in [3.05, 3.63) is 72.7 Å². The van der Waals surface area contributed by atoms with Gasteiger partial charge in [0, 0.05) is 28.1 Å². The highest BCUT2D eigenvalue weighted by molar-refractivity contribution is 9.10. The number of esters is 1. The number of aromatic nitrogens is 2. The molecule has 33 heavy (non-hydrogen) atoms. The van der Waals surface area contributed by atoms with Crippen LogP contribution in [0.2, 0.25) is 0 Å². The summed E-state index contributed by atoms with van der Waals surface area (Å²) in [5.74, 6) is -0.165. The Bertz CT molecular complexity index is 1320. The third-order valence-corrected chi connectivity index (χ3v) is 5.20. The van der Waals surface area contributed by atoms with Crippen LogP contribution in [0.3, 0.4) is 0 Å². The molecule has 0 aliphatic rings. The van der Waals surface area contributed by atoms with Crippen LogP contribution < -0.4 is 10.3 Å². The van der Waals surface area contributed by atoms with E-state index in [-0.39, 0.29) is 22.9 Å². The summed E-state index contributed by atoms with van der Waals surface area (Å²) in [6.07, 6.45) is 0.308. The molecule has 1 aromatic heterocycles. The first-order chi connectivity index (χ1) is 15.6. The zero-order chi connectivity index (χ0) is 24.3. The summed E-state index contributed by atoms with van der Waals surface area (Å²) in [6, 6.07) is 9.04. The van der Waals surface area contributed by atoms with Gasteiger partial charge >= 0.3 is 5.97 Å². The van der Waals surface area contributed by atoms with Crippen LogP contribution >= 0.6 is 15.9 Å². The van der Waals surface area contributed by atoms with Gasteiger partial charge in [0.2, 0.25) is 0 Å². The first-order valence-electron chi connectivity index (χ1n) is 9.91. The van der Waals surface area contributed by atoms with Gasteiger partial charge < -0.3 is 9.47 Å². The third-order valence-electron chi connectivity index (χ3n) is 4.70. The fourth-order valence-electron chi connectivity index (χ4n) is 3.03. The Morgan fingerprint density at radius 2 is 1.97 bits per heavy atom. The number of halogens is 1. The van der Waals surface area contributed by atoms with Crippen molar-refractivity contribution in [2.24, 2.45) is 5.10 Å². The summed E-state index contributed by atoms with van der Waals surface area (Å²) < 4.78 is 12.2. The van der Waals surface area contributed by atoms with Crippen molar-refractivity contribution >= 4 is 44.7 Å². The molecule has 11 heteroatoms. The highest BCUT2D eigenvalue weighted by Crippen LogP contribution is 2.25. The van der Waals surface area contributed by atoms with Gasteiger partial charge in [0.15, 0.2) is 6.10 Å². The largest absolute Gasteiger partial charge is 0.478 e. The molecule has 1 heterocycles. The van der Waals surface area contributed by atoms with E-state index in [9.17, 15) is 19.7 Å². The lowest BCUT2D eigenvalue weighted by Gasteiger charge is -2.15. The molecule has 0 aliphatic heterocycles. The van der Waals surface area contributed by atoms with Gasteiger partial charge in [-0.05, 0) is 31.2 Å². The number of carbonyl (C=O) groups is 1. The molecule has 0 fully saturated rings. The molecular weight excluding hydrogens is 496 g/mol. The average Bonchev–Trinajstić information content (AvgIpc) is 2.78. The number of non-ortho nitro benzene ring substituents is 1. The summed E-state index contributed by atoms with van der Waals surface area (Å²) >= 11 is 3.35. The van der Waals surface area contributed by atoms with Crippen LogP contribution in [0.4, 0.5) is 5.69 Å². The zero-order valence-corrected chi connectivity index (χ0v) is 19.9. The molecule has 10 nitrogen and oxygen atoms in total. The SMILES string of the molecule is COC(=O)[C@@H](C)Oc1ccc([N+](=O)[O-])cc1C=Nn1c(C(C)C)nc2ccc(Br)cc2c1=O. The van der Waals surface area contributed by atoms with Gasteiger partial charge in [-0.3, -0.25) is 14.9 Å². The summed E-state index contributed by atoms with van der Waals surface area (Å²) in [7, 11) is 1.23. The summed E-state index contributed by atoms with van der Waals surface area (Å²) in [5.41, 5.74) is 0.143. The molecule has 0 N–H and O–H groups in total. The molecule has 0 aliphatic carbocycles. The van der Waals surface area contributed by atoms with E-state index < -0.39 is 22.6 Å². The van der Waals surface area contributed by atoms with Crippen molar-refractivity contribution < 1.29 is 19.2 Å². The number of ether oxygens (including phenoxy) is 2. The van der Waals surface area contributed by atoms with Crippen LogP contribution in [-0.2, 0) is 9.53 Å². The second kappa shape index (κ2) is 9.90. The van der Waals surface area contributed by atoms with Crippen LogP contribution in [0, 0.1) is 10.1 Å². The molecule has 3 rings (SSSR count). The molecule has 0 spiro atoms. The van der Waals surface area contributed by atoms with Crippen LogP contribution in [0.5, 0.6) is 5.75 Å². The number of nitrogens with zero attached hydrogens (tertiary/aromatic N) is 4. The Labute approximate surface area is 197 Å².